The van der Waals surface area contributed by atoms with Crippen LogP contribution in [0.3, 0.4) is 0 Å². The summed E-state index contributed by atoms with van der Waals surface area (Å²) < 4.78 is 13.8. The van der Waals surface area contributed by atoms with Gasteiger partial charge in [-0.15, -0.1) is 0 Å². The van der Waals surface area contributed by atoms with Gasteiger partial charge in [0.2, 0.25) is 0 Å². The fourth-order valence-electron chi connectivity index (χ4n) is 2.82. The molecule has 0 aromatic heterocycles. The van der Waals surface area contributed by atoms with Crippen LogP contribution < -0.4 is 0 Å². The molecule has 0 heterocycles. The van der Waals surface area contributed by atoms with Crippen molar-refractivity contribution >= 4 is 17.6 Å². The monoisotopic (exact) mass is 284 g/mol. The quantitative estimate of drug-likeness (QED) is 0.898. The van der Waals surface area contributed by atoms with Crippen molar-refractivity contribution in [2.75, 3.05) is 0 Å². The Morgan fingerprint density at radius 2 is 2.11 bits per heavy atom. The standard InChI is InChI=1S/C15H18ClFO2/c1-10-5-7-15(8-6-10,14(18)19)9-11-12(16)3-2-4-13(11)17/h2-4,10H,5-9H2,1H3,(H,18,19). The van der Waals surface area contributed by atoms with Crippen LogP contribution in [0.1, 0.15) is 38.2 Å². The van der Waals surface area contributed by atoms with Crippen LogP contribution in [0.4, 0.5) is 4.39 Å². The van der Waals surface area contributed by atoms with E-state index >= 15 is 0 Å². The topological polar surface area (TPSA) is 37.3 Å². The molecule has 0 saturated heterocycles. The number of carboxylic acid groups (broad SMARTS) is 1. The highest BCUT2D eigenvalue weighted by atomic mass is 35.5. The van der Waals surface area contributed by atoms with Crippen LogP contribution in [0.2, 0.25) is 5.02 Å². The molecule has 1 fully saturated rings. The molecule has 2 rings (SSSR count). The Morgan fingerprint density at radius 1 is 1.47 bits per heavy atom. The second kappa shape index (κ2) is 5.49. The van der Waals surface area contributed by atoms with Gasteiger partial charge in [0, 0.05) is 10.6 Å². The summed E-state index contributed by atoms with van der Waals surface area (Å²) in [7, 11) is 0. The van der Waals surface area contributed by atoms with Gasteiger partial charge in [-0.25, -0.2) is 4.39 Å². The molecule has 0 unspecified atom stereocenters. The molecular weight excluding hydrogens is 267 g/mol. The number of hydrogen-bond acceptors (Lipinski definition) is 1. The minimum absolute atomic E-state index is 0.181. The lowest BCUT2D eigenvalue weighted by Gasteiger charge is -2.36. The lowest BCUT2D eigenvalue weighted by Crippen LogP contribution is -2.37. The average Bonchev–Trinajstić information content (AvgIpc) is 2.36. The summed E-state index contributed by atoms with van der Waals surface area (Å²) in [6, 6.07) is 4.49. The lowest BCUT2D eigenvalue weighted by atomic mass is 9.68. The normalized spacial score (nSPS) is 27.2. The summed E-state index contributed by atoms with van der Waals surface area (Å²) in [4.78, 5) is 11.6. The maximum atomic E-state index is 13.8. The smallest absolute Gasteiger partial charge is 0.309 e. The Labute approximate surface area is 117 Å². The zero-order valence-corrected chi connectivity index (χ0v) is 11.7. The lowest BCUT2D eigenvalue weighted by molar-refractivity contribution is -0.151. The molecule has 19 heavy (non-hydrogen) atoms. The number of halogens is 2. The van der Waals surface area contributed by atoms with Gasteiger partial charge in [-0.2, -0.15) is 0 Å². The molecular formula is C15H18ClFO2. The van der Waals surface area contributed by atoms with Gasteiger partial charge < -0.3 is 5.11 Å². The molecule has 1 aromatic carbocycles. The maximum Gasteiger partial charge on any atom is 0.309 e. The minimum Gasteiger partial charge on any atom is -0.481 e. The van der Waals surface area contributed by atoms with Crippen molar-refractivity contribution in [1.82, 2.24) is 0 Å². The third-order valence-electron chi connectivity index (χ3n) is 4.26. The third kappa shape index (κ3) is 2.92. The molecule has 0 aliphatic heterocycles. The van der Waals surface area contributed by atoms with E-state index in [0.717, 1.165) is 12.8 Å². The van der Waals surface area contributed by atoms with Gasteiger partial charge in [-0.1, -0.05) is 24.6 Å². The van der Waals surface area contributed by atoms with Crippen molar-refractivity contribution in [3.05, 3.63) is 34.6 Å². The van der Waals surface area contributed by atoms with Crippen LogP contribution in [0.5, 0.6) is 0 Å². The number of carboxylic acids is 1. The third-order valence-corrected chi connectivity index (χ3v) is 4.62. The highest BCUT2D eigenvalue weighted by Gasteiger charge is 2.42. The number of carbonyl (C=O) groups is 1. The van der Waals surface area contributed by atoms with Crippen molar-refractivity contribution in [3.63, 3.8) is 0 Å². The van der Waals surface area contributed by atoms with Crippen LogP contribution in [-0.4, -0.2) is 11.1 Å². The van der Waals surface area contributed by atoms with E-state index in [1.54, 1.807) is 6.07 Å². The van der Waals surface area contributed by atoms with Crippen molar-refractivity contribution in [2.24, 2.45) is 11.3 Å². The van der Waals surface area contributed by atoms with E-state index in [1.807, 2.05) is 0 Å². The predicted octanol–water partition coefficient (Wildman–Crippen LogP) is 4.30. The first-order chi connectivity index (χ1) is 8.94. The molecule has 1 aliphatic rings. The van der Waals surface area contributed by atoms with Gasteiger partial charge >= 0.3 is 5.97 Å². The van der Waals surface area contributed by atoms with Crippen molar-refractivity contribution in [2.45, 2.75) is 39.0 Å². The molecule has 0 spiro atoms. The maximum absolute atomic E-state index is 13.8. The largest absolute Gasteiger partial charge is 0.481 e. The van der Waals surface area contributed by atoms with Gasteiger partial charge in [0.05, 0.1) is 5.41 Å². The fraction of sp³-hybridized carbons (Fsp3) is 0.533. The van der Waals surface area contributed by atoms with E-state index < -0.39 is 17.2 Å². The van der Waals surface area contributed by atoms with Crippen LogP contribution in [0, 0.1) is 17.2 Å². The second-order valence-corrected chi connectivity index (χ2v) is 6.05. The first kappa shape index (κ1) is 14.3. The van der Waals surface area contributed by atoms with Crippen LogP contribution in [-0.2, 0) is 11.2 Å². The minimum atomic E-state index is -0.863. The summed E-state index contributed by atoms with van der Waals surface area (Å²) in [6.07, 6.45) is 3.11. The number of benzene rings is 1. The Balaban J connectivity index is 2.29. The zero-order valence-electron chi connectivity index (χ0n) is 11.0. The summed E-state index contributed by atoms with van der Waals surface area (Å²) >= 11 is 6.01. The second-order valence-electron chi connectivity index (χ2n) is 5.64. The van der Waals surface area contributed by atoms with E-state index in [-0.39, 0.29) is 6.42 Å². The van der Waals surface area contributed by atoms with E-state index in [9.17, 15) is 14.3 Å². The Morgan fingerprint density at radius 3 is 2.63 bits per heavy atom. The molecule has 0 atom stereocenters. The van der Waals surface area contributed by atoms with Crippen molar-refractivity contribution in [3.8, 4) is 0 Å². The Hall–Kier alpha value is -1.09. The van der Waals surface area contributed by atoms with Gasteiger partial charge in [-0.3, -0.25) is 4.79 Å². The molecule has 4 heteroatoms. The number of rotatable bonds is 3. The van der Waals surface area contributed by atoms with Gasteiger partial charge in [0.25, 0.3) is 0 Å². The zero-order chi connectivity index (χ0) is 14.0. The predicted molar refractivity (Wildman–Crippen MR) is 72.8 cm³/mol. The Bertz CT molecular complexity index is 459. The van der Waals surface area contributed by atoms with E-state index in [1.165, 1.54) is 12.1 Å². The van der Waals surface area contributed by atoms with Gasteiger partial charge in [0.15, 0.2) is 0 Å². The van der Waals surface area contributed by atoms with E-state index in [2.05, 4.69) is 6.92 Å². The Kier molecular flexibility index (Phi) is 4.14. The number of aliphatic carboxylic acids is 1. The molecule has 0 bridgehead atoms. The highest BCUT2D eigenvalue weighted by Crippen LogP contribution is 2.43. The SMILES string of the molecule is CC1CCC(Cc2c(F)cccc2Cl)(C(=O)O)CC1. The molecule has 1 saturated carbocycles. The molecule has 1 aliphatic carbocycles. The van der Waals surface area contributed by atoms with E-state index in [4.69, 9.17) is 11.6 Å². The molecule has 0 radical (unpaired) electrons. The van der Waals surface area contributed by atoms with Gasteiger partial charge in [0.1, 0.15) is 5.82 Å². The summed E-state index contributed by atoms with van der Waals surface area (Å²) in [5.74, 6) is -0.700. The van der Waals surface area contributed by atoms with Crippen LogP contribution in [0.25, 0.3) is 0 Å². The van der Waals surface area contributed by atoms with Crippen LogP contribution >= 0.6 is 11.6 Å². The van der Waals surface area contributed by atoms with Crippen molar-refractivity contribution in [1.29, 1.82) is 0 Å². The van der Waals surface area contributed by atoms with Crippen LogP contribution in [0.15, 0.2) is 18.2 Å². The molecule has 2 nitrogen and oxygen atoms in total. The first-order valence-electron chi connectivity index (χ1n) is 6.61. The molecule has 1 aromatic rings. The first-order valence-corrected chi connectivity index (χ1v) is 6.99. The summed E-state index contributed by atoms with van der Waals surface area (Å²) in [5.41, 5.74) is -0.528. The van der Waals surface area contributed by atoms with Gasteiger partial charge in [-0.05, 0) is 50.2 Å². The highest BCUT2D eigenvalue weighted by molar-refractivity contribution is 6.31. The van der Waals surface area contributed by atoms with Crippen molar-refractivity contribution < 1.29 is 14.3 Å². The summed E-state index contributed by atoms with van der Waals surface area (Å²) in [6.45, 7) is 2.13. The number of hydrogen-bond donors (Lipinski definition) is 1. The fourth-order valence-corrected chi connectivity index (χ4v) is 3.05. The molecule has 1 N–H and O–H groups in total. The summed E-state index contributed by atoms with van der Waals surface area (Å²) in [5, 5.41) is 9.87. The molecule has 104 valence electrons. The molecule has 0 amide bonds. The average molecular weight is 285 g/mol. The van der Waals surface area contributed by atoms with E-state index in [0.29, 0.717) is 29.3 Å².